The molecule has 0 radical (unpaired) electrons. The van der Waals surface area contributed by atoms with Crippen molar-refractivity contribution in [1.82, 2.24) is 39.9 Å². The topological polar surface area (TPSA) is 125 Å². The summed E-state index contributed by atoms with van der Waals surface area (Å²) in [6, 6.07) is 168. The van der Waals surface area contributed by atoms with E-state index in [1.807, 2.05) is 188 Å². The van der Waals surface area contributed by atoms with Crippen LogP contribution in [0.25, 0.3) is 258 Å². The van der Waals surface area contributed by atoms with E-state index in [1.54, 1.807) is 6.20 Å². The maximum atomic E-state index is 15.2. The summed E-state index contributed by atoms with van der Waals surface area (Å²) in [5.74, 6) is 1.80. The largest absolute Gasteiger partial charge is 0.309 e. The van der Waals surface area contributed by atoms with Gasteiger partial charge >= 0.3 is 0 Å². The van der Waals surface area contributed by atoms with Crippen molar-refractivity contribution in [2.45, 2.75) is 0 Å². The summed E-state index contributed by atoms with van der Waals surface area (Å²) in [6.07, 6.45) is 7.38. The SMILES string of the molecule is O=P(c1ccccc1)(c1ccccc1)c1cncc(-c2ccc3c(c2)nc(-c2ccccc2)c2cc(-c4ccccc4)c4ccccc4c23)c1.[C-]#[N+]c1ccc(-c2nc3cc(-c4nc(-c5ccccc5)nc(-c5ccccc5)n4)ccc3c3c2cc(-c2ccccc2)c2ccccc23)cc1.c1ccc(-c2nc3cc(-c4ccc5ccc6cccc7ccc4c5c67)ccc3c3c2cc(-c2cccnc2)c2ccccc23)cc1. The molecule has 0 unspecified atom stereocenters. The second-order valence-corrected chi connectivity index (χ2v) is 39.6. The molecule has 0 bridgehead atoms. The Hall–Kier alpha value is -19.3. The van der Waals surface area contributed by atoms with Gasteiger partial charge in [-0.15, -0.1) is 0 Å². The lowest BCUT2D eigenvalue weighted by molar-refractivity contribution is 0.592. The highest BCUT2D eigenvalue weighted by Gasteiger charge is 2.32. The molecule has 28 rings (SSSR count). The molecule has 0 saturated heterocycles. The third kappa shape index (κ3) is 15.6. The van der Waals surface area contributed by atoms with Crippen molar-refractivity contribution in [1.29, 1.82) is 0 Å². The fraction of sp³-hybridized carbons (Fsp3) is 0. The first kappa shape index (κ1) is 87.0. The lowest BCUT2D eigenvalue weighted by Gasteiger charge is -2.20. The monoisotopic (exact) mass is 1880 g/mol. The van der Waals surface area contributed by atoms with Crippen LogP contribution in [0, 0.1) is 6.57 Å². The van der Waals surface area contributed by atoms with Crippen molar-refractivity contribution in [3.8, 4) is 124 Å². The van der Waals surface area contributed by atoms with E-state index in [-0.39, 0.29) is 0 Å². The molecule has 0 amide bonds. The maximum absolute atomic E-state index is 15.2. The Bertz CT molecular complexity index is 9960. The molecule has 22 aromatic carbocycles. The Morgan fingerprint density at radius 2 is 0.534 bits per heavy atom. The molecule has 10 nitrogen and oxygen atoms in total. The van der Waals surface area contributed by atoms with E-state index in [0.717, 1.165) is 149 Å². The van der Waals surface area contributed by atoms with E-state index < -0.39 is 7.14 Å². The van der Waals surface area contributed by atoms with Crippen molar-refractivity contribution in [3.05, 3.63) is 522 Å². The fourth-order valence-electron chi connectivity index (χ4n) is 21.5. The first-order chi connectivity index (χ1) is 72.2. The van der Waals surface area contributed by atoms with Crippen LogP contribution < -0.4 is 15.9 Å². The highest BCUT2D eigenvalue weighted by Crippen LogP contribution is 2.50. The number of pyridine rings is 5. The van der Waals surface area contributed by atoms with E-state index in [2.05, 4.69) is 330 Å². The summed E-state index contributed by atoms with van der Waals surface area (Å²) in [5.41, 5.74) is 23.1. The van der Waals surface area contributed by atoms with Gasteiger partial charge in [0, 0.05) is 128 Å². The molecule has 6 heterocycles. The van der Waals surface area contributed by atoms with Crippen molar-refractivity contribution in [2.75, 3.05) is 0 Å². The van der Waals surface area contributed by atoms with Gasteiger partial charge in [-0.1, -0.05) is 437 Å². The zero-order valence-corrected chi connectivity index (χ0v) is 79.8. The molecule has 28 aromatic rings. The van der Waals surface area contributed by atoms with Gasteiger partial charge in [-0.25, -0.2) is 34.7 Å². The van der Waals surface area contributed by atoms with E-state index in [4.69, 9.17) is 36.5 Å². The van der Waals surface area contributed by atoms with Gasteiger partial charge < -0.3 is 4.57 Å². The summed E-state index contributed by atoms with van der Waals surface area (Å²) < 4.78 is 15.2. The maximum Gasteiger partial charge on any atom is 0.187 e. The van der Waals surface area contributed by atoms with Gasteiger partial charge in [-0.2, -0.15) is 0 Å². The number of hydrogen-bond donors (Lipinski definition) is 0. The van der Waals surface area contributed by atoms with Gasteiger partial charge in [-0.3, -0.25) is 9.97 Å². The summed E-state index contributed by atoms with van der Waals surface area (Å²) >= 11 is 0. The number of aromatic nitrogens is 8. The lowest BCUT2D eigenvalue weighted by Crippen LogP contribution is -2.25. The van der Waals surface area contributed by atoms with Crippen molar-refractivity contribution < 1.29 is 4.57 Å². The number of fused-ring (bicyclic) bond motifs is 15. The Kier molecular flexibility index (Phi) is 22.1. The molecule has 0 fully saturated rings. The molecule has 6 aromatic heterocycles. The van der Waals surface area contributed by atoms with Gasteiger partial charge in [-0.05, 0) is 163 Å². The molecular formula is C135H84N9OP. The molecule has 0 atom stereocenters. The van der Waals surface area contributed by atoms with Gasteiger partial charge in [0.1, 0.15) is 0 Å². The number of benzene rings is 22. The molecular weight excluding hydrogens is 1790 g/mol. The van der Waals surface area contributed by atoms with Gasteiger partial charge in [0.2, 0.25) is 0 Å². The number of nitrogens with zero attached hydrogens (tertiary/aromatic N) is 9. The average molecular weight is 1880 g/mol. The molecule has 11 heteroatoms. The third-order valence-corrected chi connectivity index (χ3v) is 31.4. The second kappa shape index (κ2) is 37.0. The third-order valence-electron chi connectivity index (χ3n) is 28.4. The highest BCUT2D eigenvalue weighted by molar-refractivity contribution is 7.85. The Balaban J connectivity index is 0.000000111. The fourth-order valence-corrected chi connectivity index (χ4v) is 24.1. The average Bonchev–Trinajstić information content (AvgIpc) is 0.726. The number of hydrogen-bond acceptors (Lipinski definition) is 9. The van der Waals surface area contributed by atoms with E-state index in [0.29, 0.717) is 28.5 Å². The van der Waals surface area contributed by atoms with Crippen LogP contribution in [0.1, 0.15) is 0 Å². The van der Waals surface area contributed by atoms with Crippen molar-refractivity contribution in [2.24, 2.45) is 0 Å². The van der Waals surface area contributed by atoms with Crippen LogP contribution in [-0.2, 0) is 4.57 Å². The first-order valence-electron chi connectivity index (χ1n) is 48.9. The van der Waals surface area contributed by atoms with Gasteiger partial charge in [0.25, 0.3) is 0 Å². The highest BCUT2D eigenvalue weighted by atomic mass is 31.2. The van der Waals surface area contributed by atoms with E-state index in [9.17, 15) is 0 Å². The summed E-state index contributed by atoms with van der Waals surface area (Å²) in [5, 5.41) is 27.3. The molecule has 680 valence electrons. The molecule has 0 saturated carbocycles. The van der Waals surface area contributed by atoms with Crippen LogP contribution in [0.4, 0.5) is 5.69 Å². The van der Waals surface area contributed by atoms with E-state index in [1.165, 1.54) is 97.8 Å². The van der Waals surface area contributed by atoms with Gasteiger partial charge in [0.05, 0.1) is 40.2 Å². The predicted molar refractivity (Wildman–Crippen MR) is 608 cm³/mol. The van der Waals surface area contributed by atoms with Crippen LogP contribution in [0.5, 0.6) is 0 Å². The second-order valence-electron chi connectivity index (χ2n) is 36.8. The minimum atomic E-state index is -3.19. The zero-order valence-electron chi connectivity index (χ0n) is 78.9. The van der Waals surface area contributed by atoms with Crippen LogP contribution in [0.15, 0.2) is 510 Å². The summed E-state index contributed by atoms with van der Waals surface area (Å²) in [6.45, 7) is 7.51. The number of rotatable bonds is 14. The molecule has 0 aliphatic carbocycles. The molecule has 0 spiro atoms. The van der Waals surface area contributed by atoms with Crippen molar-refractivity contribution >= 4 is 158 Å². The summed E-state index contributed by atoms with van der Waals surface area (Å²) in [4.78, 5) is 43.8. The zero-order chi connectivity index (χ0) is 97.1. The van der Waals surface area contributed by atoms with Crippen molar-refractivity contribution in [3.63, 3.8) is 0 Å². The minimum Gasteiger partial charge on any atom is -0.309 e. The Labute approximate surface area is 841 Å². The Morgan fingerprint density at radius 1 is 0.192 bits per heavy atom. The van der Waals surface area contributed by atoms with Crippen LogP contribution in [0.2, 0.25) is 0 Å². The Morgan fingerprint density at radius 3 is 0.986 bits per heavy atom. The lowest BCUT2D eigenvalue weighted by atomic mass is 9.88. The smallest absolute Gasteiger partial charge is 0.187 e. The van der Waals surface area contributed by atoms with Crippen LogP contribution >= 0.6 is 7.14 Å². The van der Waals surface area contributed by atoms with Gasteiger partial charge in [0.15, 0.2) is 30.3 Å². The minimum absolute atomic E-state index is 0.578. The molecule has 0 aliphatic rings. The summed E-state index contributed by atoms with van der Waals surface area (Å²) in [7, 11) is -3.19. The normalized spacial score (nSPS) is 11.6. The molecule has 0 aliphatic heterocycles. The van der Waals surface area contributed by atoms with Crippen LogP contribution in [-0.4, -0.2) is 39.9 Å². The van der Waals surface area contributed by atoms with Crippen LogP contribution in [0.3, 0.4) is 0 Å². The molecule has 146 heavy (non-hydrogen) atoms. The molecule has 0 N–H and O–H groups in total. The first-order valence-corrected chi connectivity index (χ1v) is 50.6. The van der Waals surface area contributed by atoms with E-state index >= 15 is 4.57 Å². The quantitative estimate of drug-likeness (QED) is 0.0594. The standard InChI is InChI=1S/C46H31N2OP.C45H27N5.C44H26N2/c49-50(36-19-9-3-10-20-36,37-21-11-4-12-22-37)38-27-35(30-47-31-38)34-25-26-41-44(28-34)48-46(33-17-7-2-8-18-33)43-29-42(32-15-5-1-6-16-32)39-23-13-14-24-40(39)45(41)43;1-46-34-24-21-30(22-25-34)42-39-28-38(29-13-5-2-6-14-29)35-19-11-12-20-36(35)41(39)37-26-23-33(27-40(37)47-42)45-49-43(31-15-7-3-8-16-31)48-44(50-45)32-17-9-4-10-18-32;1-2-8-30(9-3-1)44-39-25-38(32-12-7-23-45-26-32)34-13-4-5-14-35(34)43(39)37-22-19-31(24-40(37)46-44)33-20-17-29-16-15-27-10-6-11-28-18-21-36(33)42(29)41(27)28/h1-31H;2-28H;1-26H. The predicted octanol–water partition coefficient (Wildman–Crippen LogP) is 34.0.